The van der Waals surface area contributed by atoms with Crippen LogP contribution in [0.5, 0.6) is 0 Å². The summed E-state index contributed by atoms with van der Waals surface area (Å²) < 4.78 is 0. The van der Waals surface area contributed by atoms with Crippen LogP contribution in [0.2, 0.25) is 5.02 Å². The first-order valence-electron chi connectivity index (χ1n) is 6.20. The van der Waals surface area contributed by atoms with E-state index in [0.29, 0.717) is 5.92 Å². The van der Waals surface area contributed by atoms with E-state index in [9.17, 15) is 0 Å². The molecule has 2 rings (SSSR count). The van der Waals surface area contributed by atoms with Gasteiger partial charge in [0, 0.05) is 11.1 Å². The molecule has 1 aliphatic carbocycles. The maximum atomic E-state index is 6.39. The number of halogens is 1. The average Bonchev–Trinajstić information content (AvgIpc) is 2.30. The predicted octanol–water partition coefficient (Wildman–Crippen LogP) is 4.23. The van der Waals surface area contributed by atoms with E-state index in [1.165, 1.54) is 37.7 Å². The zero-order chi connectivity index (χ0) is 11.5. The van der Waals surface area contributed by atoms with Gasteiger partial charge in [-0.2, -0.15) is 0 Å². The van der Waals surface area contributed by atoms with Gasteiger partial charge in [-0.05, 0) is 42.9 Å². The Morgan fingerprint density at radius 1 is 1.25 bits per heavy atom. The van der Waals surface area contributed by atoms with Crippen LogP contribution in [0.1, 0.15) is 49.3 Å². The fourth-order valence-electron chi connectivity index (χ4n) is 2.80. The third-order valence-electron chi connectivity index (χ3n) is 3.76. The van der Waals surface area contributed by atoms with E-state index in [2.05, 4.69) is 13.0 Å². The van der Waals surface area contributed by atoms with E-state index in [1.807, 2.05) is 12.1 Å². The third kappa shape index (κ3) is 2.41. The smallest absolute Gasteiger partial charge is 0.0456 e. The van der Waals surface area contributed by atoms with Gasteiger partial charge in [0.25, 0.3) is 0 Å². The van der Waals surface area contributed by atoms with E-state index in [1.54, 1.807) is 0 Å². The molecule has 16 heavy (non-hydrogen) atoms. The van der Waals surface area contributed by atoms with Crippen LogP contribution >= 0.6 is 11.6 Å². The highest BCUT2D eigenvalue weighted by Crippen LogP contribution is 2.36. The number of hydrogen-bond donors (Lipinski definition) is 1. The Morgan fingerprint density at radius 3 is 2.56 bits per heavy atom. The lowest BCUT2D eigenvalue weighted by Gasteiger charge is -2.29. The Labute approximate surface area is 103 Å². The largest absolute Gasteiger partial charge is 0.324 e. The highest BCUT2D eigenvalue weighted by molar-refractivity contribution is 6.31. The Kier molecular flexibility index (Phi) is 3.88. The molecule has 0 aliphatic heterocycles. The molecule has 1 aromatic carbocycles. The number of aryl methyl sites for hydroxylation is 1. The molecule has 0 saturated heterocycles. The van der Waals surface area contributed by atoms with Crippen molar-refractivity contribution in [3.63, 3.8) is 0 Å². The van der Waals surface area contributed by atoms with Crippen molar-refractivity contribution in [1.29, 1.82) is 0 Å². The number of hydrogen-bond acceptors (Lipinski definition) is 1. The molecule has 1 fully saturated rings. The molecule has 1 aliphatic rings. The highest BCUT2D eigenvalue weighted by Gasteiger charge is 2.24. The molecule has 2 heteroatoms. The lowest BCUT2D eigenvalue weighted by molar-refractivity contribution is 0.308. The van der Waals surface area contributed by atoms with Crippen molar-refractivity contribution in [3.05, 3.63) is 34.3 Å². The summed E-state index contributed by atoms with van der Waals surface area (Å²) in [6, 6.07) is 6.17. The van der Waals surface area contributed by atoms with E-state index >= 15 is 0 Å². The predicted molar refractivity (Wildman–Crippen MR) is 69.7 cm³/mol. The number of nitrogens with two attached hydrogens (primary N) is 1. The minimum Gasteiger partial charge on any atom is -0.324 e. The summed E-state index contributed by atoms with van der Waals surface area (Å²) in [5.74, 6) is 0.618. The van der Waals surface area contributed by atoms with E-state index < -0.39 is 0 Å². The minimum absolute atomic E-state index is 0.119. The van der Waals surface area contributed by atoms with Crippen LogP contribution < -0.4 is 5.73 Å². The van der Waals surface area contributed by atoms with Gasteiger partial charge >= 0.3 is 0 Å². The van der Waals surface area contributed by atoms with Crippen molar-refractivity contribution >= 4 is 11.6 Å². The maximum absolute atomic E-state index is 6.39. The average molecular weight is 238 g/mol. The van der Waals surface area contributed by atoms with Gasteiger partial charge in [0.1, 0.15) is 0 Å². The van der Waals surface area contributed by atoms with Crippen molar-refractivity contribution in [2.24, 2.45) is 11.7 Å². The maximum Gasteiger partial charge on any atom is 0.0456 e. The first-order valence-corrected chi connectivity index (χ1v) is 6.58. The SMILES string of the molecule is Cc1cccc(Cl)c1[C@H](N)C1CCCCC1. The molecule has 1 nitrogen and oxygen atoms in total. The second-order valence-electron chi connectivity index (χ2n) is 4.89. The molecule has 0 spiro atoms. The van der Waals surface area contributed by atoms with Crippen molar-refractivity contribution < 1.29 is 0 Å². The quantitative estimate of drug-likeness (QED) is 0.819. The Hall–Kier alpha value is -0.530. The second kappa shape index (κ2) is 5.20. The molecule has 0 unspecified atom stereocenters. The van der Waals surface area contributed by atoms with Crippen LogP contribution in [0.4, 0.5) is 0 Å². The van der Waals surface area contributed by atoms with Crippen LogP contribution in [0, 0.1) is 12.8 Å². The fourth-order valence-corrected chi connectivity index (χ4v) is 3.14. The molecule has 0 heterocycles. The summed E-state index contributed by atoms with van der Waals surface area (Å²) in [5.41, 5.74) is 8.78. The first kappa shape index (κ1) is 11.9. The molecular formula is C14H20ClN. The lowest BCUT2D eigenvalue weighted by atomic mass is 9.80. The third-order valence-corrected chi connectivity index (χ3v) is 4.09. The zero-order valence-corrected chi connectivity index (χ0v) is 10.6. The van der Waals surface area contributed by atoms with Gasteiger partial charge in [0.05, 0.1) is 0 Å². The van der Waals surface area contributed by atoms with E-state index in [0.717, 1.165) is 10.6 Å². The van der Waals surface area contributed by atoms with Gasteiger partial charge in [-0.1, -0.05) is 43.0 Å². The van der Waals surface area contributed by atoms with Crippen molar-refractivity contribution in [2.45, 2.75) is 45.1 Å². The van der Waals surface area contributed by atoms with Gasteiger partial charge < -0.3 is 5.73 Å². The number of benzene rings is 1. The monoisotopic (exact) mass is 237 g/mol. The molecule has 1 atom stereocenters. The summed E-state index contributed by atoms with van der Waals surface area (Å²) in [5, 5.41) is 0.832. The highest BCUT2D eigenvalue weighted by atomic mass is 35.5. The lowest BCUT2D eigenvalue weighted by Crippen LogP contribution is -2.24. The van der Waals surface area contributed by atoms with E-state index in [-0.39, 0.29) is 6.04 Å². The summed E-state index contributed by atoms with van der Waals surface area (Å²) >= 11 is 6.26. The van der Waals surface area contributed by atoms with Gasteiger partial charge in [-0.15, -0.1) is 0 Å². The van der Waals surface area contributed by atoms with Crippen molar-refractivity contribution in [1.82, 2.24) is 0 Å². The second-order valence-corrected chi connectivity index (χ2v) is 5.30. The van der Waals surface area contributed by atoms with Crippen LogP contribution in [0.15, 0.2) is 18.2 Å². The van der Waals surface area contributed by atoms with E-state index in [4.69, 9.17) is 17.3 Å². The number of rotatable bonds is 2. The summed E-state index contributed by atoms with van der Waals surface area (Å²) in [6.45, 7) is 2.10. The Morgan fingerprint density at radius 2 is 1.94 bits per heavy atom. The molecule has 88 valence electrons. The molecule has 1 aromatic rings. The van der Waals surface area contributed by atoms with Crippen molar-refractivity contribution in [2.75, 3.05) is 0 Å². The topological polar surface area (TPSA) is 26.0 Å². The molecule has 0 aromatic heterocycles. The van der Waals surface area contributed by atoms with Gasteiger partial charge in [-0.3, -0.25) is 0 Å². The standard InChI is InChI=1S/C14H20ClN/c1-10-6-5-9-12(15)13(10)14(16)11-7-3-2-4-8-11/h5-6,9,11,14H,2-4,7-8,16H2,1H3/t14-/m1/s1. The van der Waals surface area contributed by atoms with Crippen LogP contribution in [0.3, 0.4) is 0 Å². The molecule has 1 saturated carbocycles. The molecule has 2 N–H and O–H groups in total. The normalized spacial score (nSPS) is 19.7. The summed E-state index contributed by atoms with van der Waals surface area (Å²) in [7, 11) is 0. The Balaban J connectivity index is 2.22. The first-order chi connectivity index (χ1) is 7.70. The fraction of sp³-hybridized carbons (Fsp3) is 0.571. The molecular weight excluding hydrogens is 218 g/mol. The molecule has 0 amide bonds. The van der Waals surface area contributed by atoms with Gasteiger partial charge in [0.2, 0.25) is 0 Å². The van der Waals surface area contributed by atoms with Crippen LogP contribution in [0.25, 0.3) is 0 Å². The minimum atomic E-state index is 0.119. The summed E-state index contributed by atoms with van der Waals surface area (Å²) in [4.78, 5) is 0. The molecule has 0 bridgehead atoms. The van der Waals surface area contributed by atoms with Crippen molar-refractivity contribution in [3.8, 4) is 0 Å². The molecule has 0 radical (unpaired) electrons. The van der Waals surface area contributed by atoms with Gasteiger partial charge in [0.15, 0.2) is 0 Å². The van der Waals surface area contributed by atoms with Crippen LogP contribution in [-0.2, 0) is 0 Å². The zero-order valence-electron chi connectivity index (χ0n) is 9.88. The summed E-state index contributed by atoms with van der Waals surface area (Å²) in [6.07, 6.45) is 6.52. The van der Waals surface area contributed by atoms with Crippen LogP contribution in [-0.4, -0.2) is 0 Å². The Bertz CT molecular complexity index is 336. The van der Waals surface area contributed by atoms with Gasteiger partial charge in [-0.25, -0.2) is 0 Å².